The number of carbonyl (C=O) groups is 3. The van der Waals surface area contributed by atoms with E-state index in [1.54, 1.807) is 10.6 Å². The number of ether oxygens (including phenoxy) is 1. The zero-order valence-corrected chi connectivity index (χ0v) is 17.9. The molecule has 158 valence electrons. The fourth-order valence-corrected chi connectivity index (χ4v) is 4.50. The molecule has 0 saturated carbocycles. The summed E-state index contributed by atoms with van der Waals surface area (Å²) in [6.07, 6.45) is 5.07. The lowest BCUT2D eigenvalue weighted by Gasteiger charge is -2.12. The lowest BCUT2D eigenvalue weighted by atomic mass is 10.1. The van der Waals surface area contributed by atoms with Gasteiger partial charge in [0.2, 0.25) is 0 Å². The largest absolute Gasteiger partial charge is 0.468 e. The third-order valence-electron chi connectivity index (χ3n) is 5.20. The minimum atomic E-state index is -0.356. The summed E-state index contributed by atoms with van der Waals surface area (Å²) in [6, 6.07) is 17.6. The highest BCUT2D eigenvalue weighted by Gasteiger charge is 2.34. The number of amides is 2. The molecule has 0 bridgehead atoms. The van der Waals surface area contributed by atoms with E-state index in [1.165, 1.54) is 17.6 Å². The second-order valence-electron chi connectivity index (χ2n) is 7.23. The molecule has 0 atom stereocenters. The Kier molecular flexibility index (Phi) is 6.23. The molecule has 1 aliphatic rings. The summed E-state index contributed by atoms with van der Waals surface area (Å²) in [5, 5.41) is 0.657. The Hall–Kier alpha value is -3.32. The number of esters is 1. The van der Waals surface area contributed by atoms with E-state index in [1.807, 2.05) is 60.8 Å². The molecular weight excluding hydrogens is 412 g/mol. The van der Waals surface area contributed by atoms with Crippen molar-refractivity contribution in [3.8, 4) is 0 Å². The van der Waals surface area contributed by atoms with Crippen molar-refractivity contribution >= 4 is 45.9 Å². The minimum Gasteiger partial charge on any atom is -0.468 e. The SMILES string of the molecule is COC(=O)Cn1cc(/C=C2\SC(=O)N(CCCc3ccccc3)C2=O)c2ccccc21. The molecule has 7 heteroatoms. The quantitative estimate of drug-likeness (QED) is 0.405. The Morgan fingerprint density at radius 3 is 2.58 bits per heavy atom. The molecule has 6 nitrogen and oxygen atoms in total. The van der Waals surface area contributed by atoms with Gasteiger partial charge in [0.1, 0.15) is 6.54 Å². The lowest BCUT2D eigenvalue weighted by molar-refractivity contribution is -0.141. The maximum absolute atomic E-state index is 12.9. The van der Waals surface area contributed by atoms with Crippen molar-refractivity contribution in [2.45, 2.75) is 19.4 Å². The number of methoxy groups -OCH3 is 1. The number of fused-ring (bicyclic) bond motifs is 1. The summed E-state index contributed by atoms with van der Waals surface area (Å²) in [5.41, 5.74) is 2.83. The van der Waals surface area contributed by atoms with Crippen LogP contribution >= 0.6 is 11.8 Å². The lowest BCUT2D eigenvalue weighted by Crippen LogP contribution is -2.29. The number of aromatic nitrogens is 1. The summed E-state index contributed by atoms with van der Waals surface area (Å²) in [7, 11) is 1.35. The van der Waals surface area contributed by atoms with Gasteiger partial charge in [0.05, 0.1) is 12.0 Å². The number of imide groups is 1. The first-order valence-corrected chi connectivity index (χ1v) is 10.8. The van der Waals surface area contributed by atoms with Gasteiger partial charge in [0.15, 0.2) is 0 Å². The molecule has 3 aromatic rings. The molecule has 2 amide bonds. The van der Waals surface area contributed by atoms with Crippen LogP contribution in [0.1, 0.15) is 17.5 Å². The van der Waals surface area contributed by atoms with Crippen LogP contribution in [-0.4, -0.2) is 40.2 Å². The molecule has 31 heavy (non-hydrogen) atoms. The molecule has 4 rings (SSSR count). The van der Waals surface area contributed by atoms with Crippen molar-refractivity contribution in [2.24, 2.45) is 0 Å². The van der Waals surface area contributed by atoms with E-state index < -0.39 is 0 Å². The van der Waals surface area contributed by atoms with Gasteiger partial charge in [-0.25, -0.2) is 0 Å². The van der Waals surface area contributed by atoms with E-state index in [0.29, 0.717) is 17.9 Å². The summed E-state index contributed by atoms with van der Waals surface area (Å²) >= 11 is 0.957. The average Bonchev–Trinajstić information content (AvgIpc) is 3.26. The van der Waals surface area contributed by atoms with Gasteiger partial charge in [-0.15, -0.1) is 0 Å². The summed E-state index contributed by atoms with van der Waals surface area (Å²) in [6.45, 7) is 0.465. The molecule has 0 aliphatic carbocycles. The van der Waals surface area contributed by atoms with Crippen LogP contribution in [0.2, 0.25) is 0 Å². The molecular formula is C24H22N2O4S. The van der Waals surface area contributed by atoms with Crippen LogP contribution in [0.4, 0.5) is 4.79 Å². The number of benzene rings is 2. The van der Waals surface area contributed by atoms with Gasteiger partial charge in [0, 0.05) is 29.2 Å². The van der Waals surface area contributed by atoms with E-state index in [2.05, 4.69) is 0 Å². The van der Waals surface area contributed by atoms with Crippen molar-refractivity contribution in [1.82, 2.24) is 9.47 Å². The third-order valence-corrected chi connectivity index (χ3v) is 6.10. The maximum Gasteiger partial charge on any atom is 0.325 e. The van der Waals surface area contributed by atoms with Crippen LogP contribution in [-0.2, 0) is 27.3 Å². The van der Waals surface area contributed by atoms with Crippen LogP contribution in [0.15, 0.2) is 65.7 Å². The second kappa shape index (κ2) is 9.22. The van der Waals surface area contributed by atoms with Gasteiger partial charge >= 0.3 is 5.97 Å². The number of rotatable bonds is 7. The van der Waals surface area contributed by atoms with Crippen molar-refractivity contribution < 1.29 is 19.1 Å². The molecule has 1 saturated heterocycles. The van der Waals surface area contributed by atoms with Crippen molar-refractivity contribution in [3.05, 3.63) is 76.8 Å². The molecule has 1 aromatic heterocycles. The molecule has 2 heterocycles. The Balaban J connectivity index is 1.52. The highest BCUT2D eigenvalue weighted by molar-refractivity contribution is 8.18. The molecule has 1 fully saturated rings. The summed E-state index contributed by atoms with van der Waals surface area (Å²) in [5.74, 6) is -0.626. The smallest absolute Gasteiger partial charge is 0.325 e. The molecule has 0 spiro atoms. The molecule has 0 N–H and O–H groups in total. The Morgan fingerprint density at radius 1 is 1.06 bits per heavy atom. The van der Waals surface area contributed by atoms with E-state index in [9.17, 15) is 14.4 Å². The van der Waals surface area contributed by atoms with Crippen LogP contribution < -0.4 is 0 Å². The van der Waals surface area contributed by atoms with Crippen LogP contribution in [0.5, 0.6) is 0 Å². The molecule has 2 aromatic carbocycles. The van der Waals surface area contributed by atoms with Crippen molar-refractivity contribution in [2.75, 3.05) is 13.7 Å². The standard InChI is InChI=1S/C24H22N2O4S/c1-30-22(27)16-25-15-18(19-11-5-6-12-20(19)25)14-21-23(28)26(24(29)31-21)13-7-10-17-8-3-2-4-9-17/h2-6,8-9,11-12,14-15H,7,10,13,16H2,1H3/b21-14-. The molecule has 0 unspecified atom stereocenters. The number of thioether (sulfide) groups is 1. The van der Waals surface area contributed by atoms with Gasteiger partial charge in [-0.1, -0.05) is 48.5 Å². The highest BCUT2D eigenvalue weighted by Crippen LogP contribution is 2.34. The summed E-state index contributed by atoms with van der Waals surface area (Å²) < 4.78 is 6.56. The van der Waals surface area contributed by atoms with Crippen LogP contribution in [0.3, 0.4) is 0 Å². The van der Waals surface area contributed by atoms with E-state index in [0.717, 1.165) is 34.6 Å². The van der Waals surface area contributed by atoms with Crippen LogP contribution in [0, 0.1) is 0 Å². The number of carbonyl (C=O) groups excluding carboxylic acids is 3. The number of aryl methyl sites for hydroxylation is 1. The first kappa shape index (κ1) is 20.9. The van der Waals surface area contributed by atoms with E-state index >= 15 is 0 Å². The average molecular weight is 435 g/mol. The Morgan fingerprint density at radius 2 is 1.81 bits per heavy atom. The fraction of sp³-hybridized carbons (Fsp3) is 0.208. The zero-order valence-electron chi connectivity index (χ0n) is 17.1. The molecule has 0 radical (unpaired) electrons. The monoisotopic (exact) mass is 434 g/mol. The predicted octanol–water partition coefficient (Wildman–Crippen LogP) is 4.48. The van der Waals surface area contributed by atoms with E-state index in [-0.39, 0.29) is 23.7 Å². The highest BCUT2D eigenvalue weighted by atomic mass is 32.2. The Bertz CT molecular complexity index is 1170. The zero-order chi connectivity index (χ0) is 21.8. The van der Waals surface area contributed by atoms with Gasteiger partial charge in [-0.2, -0.15) is 0 Å². The first-order chi connectivity index (χ1) is 15.1. The maximum atomic E-state index is 12.9. The number of hydrogen-bond acceptors (Lipinski definition) is 5. The Labute approximate surface area is 184 Å². The normalized spacial score (nSPS) is 15.3. The third kappa shape index (κ3) is 4.56. The number of para-hydroxylation sites is 1. The first-order valence-electron chi connectivity index (χ1n) is 10.0. The number of nitrogens with zero attached hydrogens (tertiary/aromatic N) is 2. The van der Waals surface area contributed by atoms with E-state index in [4.69, 9.17) is 4.74 Å². The van der Waals surface area contributed by atoms with Gasteiger partial charge < -0.3 is 9.30 Å². The second-order valence-corrected chi connectivity index (χ2v) is 8.22. The predicted molar refractivity (Wildman–Crippen MR) is 121 cm³/mol. The van der Waals surface area contributed by atoms with Gasteiger partial charge in [-0.05, 0) is 42.3 Å². The fourth-order valence-electron chi connectivity index (χ4n) is 3.64. The van der Waals surface area contributed by atoms with Crippen molar-refractivity contribution in [3.63, 3.8) is 0 Å². The summed E-state index contributed by atoms with van der Waals surface area (Å²) in [4.78, 5) is 38.8. The topological polar surface area (TPSA) is 68.6 Å². The van der Waals surface area contributed by atoms with Crippen LogP contribution in [0.25, 0.3) is 17.0 Å². The molecule has 1 aliphatic heterocycles. The minimum absolute atomic E-state index is 0.0752. The van der Waals surface area contributed by atoms with Crippen molar-refractivity contribution in [1.29, 1.82) is 0 Å². The number of hydrogen-bond donors (Lipinski definition) is 0. The van der Waals surface area contributed by atoms with Gasteiger partial charge in [-0.3, -0.25) is 19.3 Å². The van der Waals surface area contributed by atoms with Gasteiger partial charge in [0.25, 0.3) is 11.1 Å².